The molecule has 1 N–H and O–H groups in total. The summed E-state index contributed by atoms with van der Waals surface area (Å²) < 4.78 is 10.9. The Morgan fingerprint density at radius 3 is 2.56 bits per heavy atom. The number of ether oxygens (including phenoxy) is 1. The van der Waals surface area contributed by atoms with Gasteiger partial charge in [-0.1, -0.05) is 25.1 Å². The number of hydrogen-bond donors (Lipinski definition) is 1. The number of hydrogen-bond acceptors (Lipinski definition) is 4. The molecular formula is C20H17NO4. The monoisotopic (exact) mass is 335 g/mol. The molecule has 1 aliphatic rings. The number of nitrogens with one attached hydrogen (secondary N) is 1. The maximum absolute atomic E-state index is 13.1. The predicted octanol–water partition coefficient (Wildman–Crippen LogP) is 3.20. The molecule has 0 aliphatic carbocycles. The van der Waals surface area contributed by atoms with Crippen LogP contribution in [0.1, 0.15) is 40.2 Å². The fraction of sp³-hybridized carbons (Fsp3) is 0.200. The molecule has 126 valence electrons. The molecule has 1 atom stereocenters. The summed E-state index contributed by atoms with van der Waals surface area (Å²) >= 11 is 0. The lowest BCUT2D eigenvalue weighted by Gasteiger charge is -2.12. The van der Waals surface area contributed by atoms with Crippen molar-refractivity contribution in [2.75, 3.05) is 7.11 Å². The number of methoxy groups -OCH3 is 1. The molecule has 4 rings (SSSR count). The first-order valence-corrected chi connectivity index (χ1v) is 8.16. The van der Waals surface area contributed by atoms with E-state index in [-0.39, 0.29) is 17.1 Å². The Labute approximate surface area is 144 Å². The van der Waals surface area contributed by atoms with Gasteiger partial charge in [0.2, 0.25) is 5.76 Å². The highest BCUT2D eigenvalue weighted by atomic mass is 16.5. The first-order chi connectivity index (χ1) is 12.1. The second-order valence-electron chi connectivity index (χ2n) is 6.04. The Morgan fingerprint density at radius 1 is 1.12 bits per heavy atom. The highest BCUT2D eigenvalue weighted by molar-refractivity contribution is 5.99. The summed E-state index contributed by atoms with van der Waals surface area (Å²) in [4.78, 5) is 25.4. The van der Waals surface area contributed by atoms with Gasteiger partial charge in [0.25, 0.3) is 5.91 Å². The summed E-state index contributed by atoms with van der Waals surface area (Å²) in [6.45, 7) is 2.03. The van der Waals surface area contributed by atoms with Gasteiger partial charge in [0.05, 0.1) is 24.1 Å². The first-order valence-electron chi connectivity index (χ1n) is 8.16. The van der Waals surface area contributed by atoms with E-state index in [1.54, 1.807) is 25.3 Å². The van der Waals surface area contributed by atoms with Crippen molar-refractivity contribution in [3.63, 3.8) is 0 Å². The summed E-state index contributed by atoms with van der Waals surface area (Å²) in [7, 11) is 1.59. The standard InChI is InChI=1S/C20H17NO4/c1-3-11-4-9-15-14(10-11)18(22)16-17(21-20(23)19(16)25-15)12-5-7-13(24-2)8-6-12/h4-10,17H,3H2,1-2H3,(H,21,23). The minimum atomic E-state index is -0.515. The number of carbonyl (C=O) groups excluding carboxylic acids is 1. The van der Waals surface area contributed by atoms with Gasteiger partial charge >= 0.3 is 0 Å². The summed E-state index contributed by atoms with van der Waals surface area (Å²) in [6.07, 6.45) is 0.825. The van der Waals surface area contributed by atoms with Crippen LogP contribution in [0.4, 0.5) is 0 Å². The molecule has 0 radical (unpaired) electrons. The van der Waals surface area contributed by atoms with Gasteiger partial charge in [0, 0.05) is 0 Å². The van der Waals surface area contributed by atoms with Crippen molar-refractivity contribution in [1.82, 2.24) is 5.32 Å². The molecule has 1 aromatic heterocycles. The van der Waals surface area contributed by atoms with E-state index in [4.69, 9.17) is 9.15 Å². The number of aryl methyl sites for hydroxylation is 1. The van der Waals surface area contributed by atoms with Crippen LogP contribution < -0.4 is 15.5 Å². The molecule has 0 saturated carbocycles. The Morgan fingerprint density at radius 2 is 1.88 bits per heavy atom. The zero-order valence-corrected chi connectivity index (χ0v) is 14.0. The fourth-order valence-corrected chi connectivity index (χ4v) is 3.22. The van der Waals surface area contributed by atoms with Crippen LogP contribution in [-0.2, 0) is 6.42 Å². The highest BCUT2D eigenvalue weighted by Crippen LogP contribution is 2.31. The molecule has 5 nitrogen and oxygen atoms in total. The minimum absolute atomic E-state index is 0.0996. The molecule has 0 spiro atoms. The van der Waals surface area contributed by atoms with Gasteiger partial charge < -0.3 is 14.5 Å². The topological polar surface area (TPSA) is 68.5 Å². The zero-order valence-electron chi connectivity index (χ0n) is 14.0. The van der Waals surface area contributed by atoms with Crippen LogP contribution in [-0.4, -0.2) is 13.0 Å². The van der Waals surface area contributed by atoms with Gasteiger partial charge in [-0.25, -0.2) is 0 Å². The van der Waals surface area contributed by atoms with E-state index < -0.39 is 6.04 Å². The third-order valence-electron chi connectivity index (χ3n) is 4.62. The van der Waals surface area contributed by atoms with Crippen molar-refractivity contribution in [2.45, 2.75) is 19.4 Å². The third-order valence-corrected chi connectivity index (χ3v) is 4.62. The first kappa shape index (κ1) is 15.4. The number of benzene rings is 2. The molecule has 0 bridgehead atoms. The second kappa shape index (κ2) is 5.77. The average molecular weight is 335 g/mol. The fourth-order valence-electron chi connectivity index (χ4n) is 3.22. The van der Waals surface area contributed by atoms with Crippen molar-refractivity contribution < 1.29 is 13.9 Å². The second-order valence-corrected chi connectivity index (χ2v) is 6.04. The molecule has 0 saturated heterocycles. The average Bonchev–Trinajstić information content (AvgIpc) is 2.98. The lowest BCUT2D eigenvalue weighted by Crippen LogP contribution is -2.21. The van der Waals surface area contributed by atoms with Crippen molar-refractivity contribution >= 4 is 16.9 Å². The highest BCUT2D eigenvalue weighted by Gasteiger charge is 2.35. The van der Waals surface area contributed by atoms with Crippen LogP contribution in [0.3, 0.4) is 0 Å². The molecule has 5 heteroatoms. The van der Waals surface area contributed by atoms with E-state index in [2.05, 4.69) is 5.32 Å². The number of carbonyl (C=O) groups is 1. The molecule has 2 aromatic carbocycles. The maximum Gasteiger partial charge on any atom is 0.288 e. The van der Waals surface area contributed by atoms with Crippen molar-refractivity contribution in [3.8, 4) is 5.75 Å². The zero-order chi connectivity index (χ0) is 17.6. The minimum Gasteiger partial charge on any atom is -0.497 e. The van der Waals surface area contributed by atoms with E-state index >= 15 is 0 Å². The number of fused-ring (bicyclic) bond motifs is 2. The quantitative estimate of drug-likeness (QED) is 0.798. The van der Waals surface area contributed by atoms with Crippen molar-refractivity contribution in [3.05, 3.63) is 75.1 Å². The van der Waals surface area contributed by atoms with Crippen LogP contribution in [0.25, 0.3) is 11.0 Å². The van der Waals surface area contributed by atoms with Crippen LogP contribution in [0, 0.1) is 0 Å². The molecule has 25 heavy (non-hydrogen) atoms. The SMILES string of the molecule is CCc1ccc2oc3c(c(=O)c2c1)C(c1ccc(OC)cc1)NC3=O. The Balaban J connectivity index is 1.92. The Kier molecular flexibility index (Phi) is 3.57. The van der Waals surface area contributed by atoms with Gasteiger partial charge in [-0.05, 0) is 41.8 Å². The van der Waals surface area contributed by atoms with E-state index in [0.717, 1.165) is 17.5 Å². The smallest absolute Gasteiger partial charge is 0.288 e. The largest absolute Gasteiger partial charge is 0.497 e. The molecule has 1 aliphatic heterocycles. The van der Waals surface area contributed by atoms with Gasteiger partial charge in [-0.3, -0.25) is 9.59 Å². The molecule has 1 amide bonds. The van der Waals surface area contributed by atoms with Crippen LogP contribution in [0.2, 0.25) is 0 Å². The van der Waals surface area contributed by atoms with Crippen molar-refractivity contribution in [2.24, 2.45) is 0 Å². The van der Waals surface area contributed by atoms with Crippen LogP contribution >= 0.6 is 0 Å². The van der Waals surface area contributed by atoms with Gasteiger partial charge in [-0.2, -0.15) is 0 Å². The molecule has 3 aromatic rings. The van der Waals surface area contributed by atoms with E-state index in [9.17, 15) is 9.59 Å². The van der Waals surface area contributed by atoms with Gasteiger partial charge in [0.15, 0.2) is 5.43 Å². The van der Waals surface area contributed by atoms with E-state index in [0.29, 0.717) is 22.3 Å². The van der Waals surface area contributed by atoms with Gasteiger partial charge in [0.1, 0.15) is 11.3 Å². The summed E-state index contributed by atoms with van der Waals surface area (Å²) in [5.74, 6) is 0.448. The Bertz CT molecular complexity index is 1030. The molecular weight excluding hydrogens is 318 g/mol. The lowest BCUT2D eigenvalue weighted by molar-refractivity contribution is 0.0938. The summed E-state index contributed by atoms with van der Waals surface area (Å²) in [5, 5.41) is 3.35. The molecule has 1 unspecified atom stereocenters. The molecule has 2 heterocycles. The van der Waals surface area contributed by atoms with Gasteiger partial charge in [-0.15, -0.1) is 0 Å². The number of rotatable bonds is 3. The van der Waals surface area contributed by atoms with Crippen LogP contribution in [0.5, 0.6) is 5.75 Å². The van der Waals surface area contributed by atoms with E-state index in [1.807, 2.05) is 31.2 Å². The normalized spacial score (nSPS) is 15.9. The Hall–Kier alpha value is -3.08. The third kappa shape index (κ3) is 2.39. The lowest BCUT2D eigenvalue weighted by atomic mass is 9.98. The number of amides is 1. The predicted molar refractivity (Wildman–Crippen MR) is 94.2 cm³/mol. The molecule has 0 fully saturated rings. The van der Waals surface area contributed by atoms with E-state index in [1.165, 1.54) is 0 Å². The summed E-state index contributed by atoms with van der Waals surface area (Å²) in [5.41, 5.74) is 2.51. The maximum atomic E-state index is 13.1. The van der Waals surface area contributed by atoms with Crippen LogP contribution in [0.15, 0.2) is 51.7 Å². The summed E-state index contributed by atoms with van der Waals surface area (Å²) in [6, 6.07) is 12.3. The van der Waals surface area contributed by atoms with Crippen molar-refractivity contribution in [1.29, 1.82) is 0 Å².